The van der Waals surface area contributed by atoms with Crippen LogP contribution in [0.15, 0.2) is 48.7 Å². The minimum absolute atomic E-state index is 0.710. The van der Waals surface area contributed by atoms with E-state index >= 15 is 0 Å². The largest absolute Gasteiger partial charge is 0.369 e. The van der Waals surface area contributed by atoms with Crippen molar-refractivity contribution in [2.75, 3.05) is 37.6 Å². The minimum Gasteiger partial charge on any atom is -0.369 e. The summed E-state index contributed by atoms with van der Waals surface area (Å²) in [4.78, 5) is 8.22. The summed E-state index contributed by atoms with van der Waals surface area (Å²) in [6.07, 6.45) is 4.21. The number of aromatic nitrogens is 1. The summed E-state index contributed by atoms with van der Waals surface area (Å²) in [5.74, 6) is 0. The second kappa shape index (κ2) is 8.17. The van der Waals surface area contributed by atoms with Crippen molar-refractivity contribution < 1.29 is 0 Å². The lowest BCUT2D eigenvalue weighted by Crippen LogP contribution is -2.46. The first-order chi connectivity index (χ1) is 13.8. The van der Waals surface area contributed by atoms with E-state index in [1.54, 1.807) is 0 Å². The van der Waals surface area contributed by atoms with Crippen LogP contribution >= 0.6 is 0 Å². The van der Waals surface area contributed by atoms with E-state index in [1.165, 1.54) is 16.6 Å². The second-order valence-corrected chi connectivity index (χ2v) is 7.28. The van der Waals surface area contributed by atoms with E-state index in [-0.39, 0.29) is 0 Å². The van der Waals surface area contributed by atoms with Crippen LogP contribution in [-0.4, -0.2) is 42.6 Å². The molecule has 0 atom stereocenters. The highest BCUT2D eigenvalue weighted by Crippen LogP contribution is 2.22. The number of H-pyrrole nitrogens is 1. The predicted octanol–water partition coefficient (Wildman–Crippen LogP) is 3.67. The topological polar surface area (TPSA) is 69.8 Å². The molecule has 1 fully saturated rings. The van der Waals surface area contributed by atoms with Crippen molar-refractivity contribution in [3.63, 3.8) is 0 Å². The van der Waals surface area contributed by atoms with Gasteiger partial charge in [0.15, 0.2) is 0 Å². The number of nitriles is 2. The summed E-state index contributed by atoms with van der Waals surface area (Å²) in [7, 11) is 0. The summed E-state index contributed by atoms with van der Waals surface area (Å²) in [6.45, 7) is 5.25. The monoisotopic (exact) mass is 369 g/mol. The third-order valence-electron chi connectivity index (χ3n) is 5.55. The summed E-state index contributed by atoms with van der Waals surface area (Å²) < 4.78 is 0. The van der Waals surface area contributed by atoms with Crippen molar-refractivity contribution in [1.82, 2.24) is 9.88 Å². The number of rotatable bonds is 5. The number of nitrogens with zero attached hydrogens (tertiary/aromatic N) is 4. The number of hydrogen-bond donors (Lipinski definition) is 1. The Morgan fingerprint density at radius 3 is 2.32 bits per heavy atom. The lowest BCUT2D eigenvalue weighted by molar-refractivity contribution is 0.255. The van der Waals surface area contributed by atoms with E-state index in [0.717, 1.165) is 51.1 Å². The van der Waals surface area contributed by atoms with Gasteiger partial charge in [-0.15, -0.1) is 0 Å². The van der Waals surface area contributed by atoms with E-state index in [4.69, 9.17) is 10.5 Å². The molecule has 4 rings (SSSR count). The molecule has 0 unspecified atom stereocenters. The van der Waals surface area contributed by atoms with E-state index < -0.39 is 0 Å². The van der Waals surface area contributed by atoms with Gasteiger partial charge in [0.2, 0.25) is 0 Å². The van der Waals surface area contributed by atoms with Gasteiger partial charge in [0, 0.05) is 49.0 Å². The molecular weight excluding hydrogens is 346 g/mol. The minimum atomic E-state index is 0.710. The van der Waals surface area contributed by atoms with Crippen LogP contribution in [0.25, 0.3) is 10.9 Å². The molecule has 0 aliphatic carbocycles. The first-order valence-corrected chi connectivity index (χ1v) is 9.74. The Labute approximate surface area is 165 Å². The third kappa shape index (κ3) is 3.86. The number of piperazine rings is 1. The van der Waals surface area contributed by atoms with Crippen molar-refractivity contribution in [3.8, 4) is 12.1 Å². The molecule has 3 aromatic rings. The summed E-state index contributed by atoms with van der Waals surface area (Å²) in [6, 6.07) is 18.1. The molecule has 140 valence electrons. The van der Waals surface area contributed by atoms with Gasteiger partial charge in [-0.05, 0) is 67.4 Å². The standard InChI is InChI=1S/C23H23N5/c24-15-18-3-6-21(7-4-18)28-12-10-27(11-13-28)9-1-2-20-17-26-23-8-5-19(16-25)14-22(20)23/h3-8,14,17,26H,1-2,9-13H2. The van der Waals surface area contributed by atoms with Crippen LogP contribution in [0.3, 0.4) is 0 Å². The van der Waals surface area contributed by atoms with Crippen molar-refractivity contribution in [3.05, 3.63) is 65.4 Å². The summed E-state index contributed by atoms with van der Waals surface area (Å²) in [5.41, 5.74) is 5.02. The van der Waals surface area contributed by atoms with Crippen LogP contribution in [0.4, 0.5) is 5.69 Å². The molecule has 5 nitrogen and oxygen atoms in total. The van der Waals surface area contributed by atoms with Gasteiger partial charge in [-0.25, -0.2) is 0 Å². The zero-order valence-corrected chi connectivity index (χ0v) is 15.9. The Kier molecular flexibility index (Phi) is 5.28. The predicted molar refractivity (Wildman–Crippen MR) is 111 cm³/mol. The molecule has 0 radical (unpaired) electrons. The van der Waals surface area contributed by atoms with Gasteiger partial charge < -0.3 is 9.88 Å². The van der Waals surface area contributed by atoms with Crippen LogP contribution < -0.4 is 4.90 Å². The number of benzene rings is 2. The summed E-state index contributed by atoms with van der Waals surface area (Å²) >= 11 is 0. The molecule has 0 amide bonds. The Morgan fingerprint density at radius 1 is 0.893 bits per heavy atom. The van der Waals surface area contributed by atoms with Crippen molar-refractivity contribution >= 4 is 16.6 Å². The number of aromatic amines is 1. The highest BCUT2D eigenvalue weighted by molar-refractivity contribution is 5.84. The van der Waals surface area contributed by atoms with E-state index in [9.17, 15) is 0 Å². The molecule has 0 spiro atoms. The lowest BCUT2D eigenvalue weighted by atomic mass is 10.1. The molecule has 28 heavy (non-hydrogen) atoms. The normalized spacial score (nSPS) is 14.7. The Morgan fingerprint density at radius 2 is 1.61 bits per heavy atom. The first kappa shape index (κ1) is 18.1. The SMILES string of the molecule is N#Cc1ccc(N2CCN(CCCc3c[nH]c4ccc(C#N)cc34)CC2)cc1. The maximum Gasteiger partial charge on any atom is 0.0991 e. The fourth-order valence-corrected chi connectivity index (χ4v) is 3.92. The number of nitrogens with one attached hydrogen (secondary N) is 1. The van der Waals surface area contributed by atoms with Crippen molar-refractivity contribution in [2.24, 2.45) is 0 Å². The molecular formula is C23H23N5. The van der Waals surface area contributed by atoms with Gasteiger partial charge in [-0.3, -0.25) is 4.90 Å². The average molecular weight is 369 g/mol. The average Bonchev–Trinajstić information content (AvgIpc) is 3.16. The zero-order chi connectivity index (χ0) is 19.3. The number of aryl methyl sites for hydroxylation is 1. The van der Waals surface area contributed by atoms with Crippen LogP contribution in [0.5, 0.6) is 0 Å². The van der Waals surface area contributed by atoms with Gasteiger partial charge in [0.1, 0.15) is 0 Å². The van der Waals surface area contributed by atoms with E-state index in [1.807, 2.05) is 42.5 Å². The fraction of sp³-hybridized carbons (Fsp3) is 0.304. The lowest BCUT2D eigenvalue weighted by Gasteiger charge is -2.36. The maximum absolute atomic E-state index is 9.12. The third-order valence-corrected chi connectivity index (χ3v) is 5.55. The first-order valence-electron chi connectivity index (χ1n) is 9.74. The van der Waals surface area contributed by atoms with Gasteiger partial charge in [-0.2, -0.15) is 10.5 Å². The maximum atomic E-state index is 9.12. The number of anilines is 1. The highest BCUT2D eigenvalue weighted by atomic mass is 15.3. The van der Waals surface area contributed by atoms with E-state index in [0.29, 0.717) is 11.1 Å². The Hall–Kier alpha value is -3.28. The fourth-order valence-electron chi connectivity index (χ4n) is 3.92. The molecule has 1 aliphatic heterocycles. The quantitative estimate of drug-likeness (QED) is 0.745. The molecule has 1 aromatic heterocycles. The second-order valence-electron chi connectivity index (χ2n) is 7.28. The van der Waals surface area contributed by atoms with Crippen LogP contribution in [-0.2, 0) is 6.42 Å². The molecule has 5 heteroatoms. The molecule has 0 saturated carbocycles. The smallest absolute Gasteiger partial charge is 0.0991 e. The van der Waals surface area contributed by atoms with Crippen LogP contribution in [0.1, 0.15) is 23.1 Å². The summed E-state index contributed by atoms with van der Waals surface area (Å²) in [5, 5.41) is 19.2. The Bertz CT molecular complexity index is 1030. The molecule has 1 N–H and O–H groups in total. The highest BCUT2D eigenvalue weighted by Gasteiger charge is 2.17. The van der Waals surface area contributed by atoms with Crippen molar-refractivity contribution in [2.45, 2.75) is 12.8 Å². The molecule has 1 aliphatic rings. The molecule has 2 aromatic carbocycles. The molecule has 2 heterocycles. The van der Waals surface area contributed by atoms with Crippen LogP contribution in [0.2, 0.25) is 0 Å². The van der Waals surface area contributed by atoms with E-state index in [2.05, 4.69) is 33.1 Å². The zero-order valence-electron chi connectivity index (χ0n) is 15.9. The van der Waals surface area contributed by atoms with Gasteiger partial charge in [-0.1, -0.05) is 0 Å². The van der Waals surface area contributed by atoms with Crippen LogP contribution in [0, 0.1) is 22.7 Å². The number of fused-ring (bicyclic) bond motifs is 1. The Balaban J connectivity index is 1.28. The van der Waals surface area contributed by atoms with Gasteiger partial charge >= 0.3 is 0 Å². The van der Waals surface area contributed by atoms with Gasteiger partial charge in [0.05, 0.1) is 23.3 Å². The van der Waals surface area contributed by atoms with Gasteiger partial charge in [0.25, 0.3) is 0 Å². The number of hydrogen-bond acceptors (Lipinski definition) is 4. The molecule has 1 saturated heterocycles. The van der Waals surface area contributed by atoms with Crippen molar-refractivity contribution in [1.29, 1.82) is 10.5 Å². The molecule has 0 bridgehead atoms.